The summed E-state index contributed by atoms with van der Waals surface area (Å²) in [6.07, 6.45) is 7.72. The van der Waals surface area contributed by atoms with Gasteiger partial charge in [0.05, 0.1) is 5.71 Å². The third-order valence-corrected chi connectivity index (χ3v) is 3.91. The van der Waals surface area contributed by atoms with Crippen LogP contribution in [-0.4, -0.2) is 19.8 Å². The van der Waals surface area contributed by atoms with Gasteiger partial charge in [0, 0.05) is 19.8 Å². The van der Waals surface area contributed by atoms with Crippen molar-refractivity contribution in [2.45, 2.75) is 0 Å². The van der Waals surface area contributed by atoms with E-state index in [2.05, 4.69) is 53.4 Å². The third kappa shape index (κ3) is 3.32. The second-order valence-electron chi connectivity index (χ2n) is 5.76. The van der Waals surface area contributed by atoms with E-state index in [1.54, 1.807) is 0 Å². The van der Waals surface area contributed by atoms with Gasteiger partial charge in [-0.3, -0.25) is 0 Å². The van der Waals surface area contributed by atoms with Gasteiger partial charge in [0.15, 0.2) is 0 Å². The molecular formula is C21H20N2. The molecule has 0 saturated carbocycles. The van der Waals surface area contributed by atoms with E-state index in [4.69, 9.17) is 5.41 Å². The van der Waals surface area contributed by atoms with Gasteiger partial charge in [-0.1, -0.05) is 54.6 Å². The Kier molecular flexibility index (Phi) is 4.24. The molecule has 2 nitrogen and oxygen atoms in total. The van der Waals surface area contributed by atoms with Gasteiger partial charge in [0.1, 0.15) is 0 Å². The van der Waals surface area contributed by atoms with E-state index in [0.717, 1.165) is 5.57 Å². The Hall–Kier alpha value is -2.87. The zero-order valence-electron chi connectivity index (χ0n) is 13.5. The van der Waals surface area contributed by atoms with Crippen LogP contribution in [0.15, 0.2) is 84.5 Å². The Morgan fingerprint density at radius 3 is 1.87 bits per heavy atom. The SMILES string of the molecule is CN(C)c1ccc(C(=C2C=CC(=N)C=C2)c2ccccc2)cc1. The molecule has 3 rings (SSSR count). The first-order valence-electron chi connectivity index (χ1n) is 7.67. The number of nitrogens with zero attached hydrogens (tertiary/aromatic N) is 1. The summed E-state index contributed by atoms with van der Waals surface area (Å²) in [5.74, 6) is 0. The Labute approximate surface area is 137 Å². The molecule has 0 atom stereocenters. The van der Waals surface area contributed by atoms with Crippen LogP contribution in [-0.2, 0) is 0 Å². The molecule has 1 N–H and O–H groups in total. The summed E-state index contributed by atoms with van der Waals surface area (Å²) in [5, 5.41) is 7.70. The number of hydrogen-bond donors (Lipinski definition) is 1. The first-order valence-corrected chi connectivity index (χ1v) is 7.67. The molecule has 2 heteroatoms. The van der Waals surface area contributed by atoms with Crippen LogP contribution in [0, 0.1) is 5.41 Å². The number of rotatable bonds is 3. The lowest BCUT2D eigenvalue weighted by molar-refractivity contribution is 1.13. The number of allylic oxidation sites excluding steroid dienone is 5. The van der Waals surface area contributed by atoms with Crippen molar-refractivity contribution in [3.05, 3.63) is 95.6 Å². The van der Waals surface area contributed by atoms with Crippen molar-refractivity contribution >= 4 is 17.0 Å². The van der Waals surface area contributed by atoms with Crippen LogP contribution in [0.3, 0.4) is 0 Å². The zero-order valence-corrected chi connectivity index (χ0v) is 13.5. The molecule has 0 radical (unpaired) electrons. The second kappa shape index (κ2) is 6.49. The molecule has 0 aromatic heterocycles. The highest BCUT2D eigenvalue weighted by molar-refractivity contribution is 6.05. The molecule has 0 saturated heterocycles. The molecule has 0 aliphatic heterocycles. The van der Waals surface area contributed by atoms with Crippen LogP contribution in [0.5, 0.6) is 0 Å². The highest BCUT2D eigenvalue weighted by Gasteiger charge is 2.11. The first kappa shape index (κ1) is 15.0. The van der Waals surface area contributed by atoms with Gasteiger partial charge in [0.25, 0.3) is 0 Å². The molecule has 2 aromatic rings. The average molecular weight is 300 g/mol. The molecule has 0 unspecified atom stereocenters. The minimum Gasteiger partial charge on any atom is -0.378 e. The highest BCUT2D eigenvalue weighted by atomic mass is 15.1. The number of anilines is 1. The maximum absolute atomic E-state index is 7.70. The van der Waals surface area contributed by atoms with E-state index in [-0.39, 0.29) is 0 Å². The molecule has 1 aliphatic carbocycles. The molecule has 0 spiro atoms. The fraction of sp³-hybridized carbons (Fsp3) is 0.0952. The molecule has 2 aromatic carbocycles. The van der Waals surface area contributed by atoms with E-state index in [0.29, 0.717) is 5.71 Å². The smallest absolute Gasteiger partial charge is 0.0540 e. The molecule has 114 valence electrons. The lowest BCUT2D eigenvalue weighted by Crippen LogP contribution is -2.08. The topological polar surface area (TPSA) is 27.1 Å². The van der Waals surface area contributed by atoms with Gasteiger partial charge in [-0.05, 0) is 46.6 Å². The Morgan fingerprint density at radius 2 is 1.30 bits per heavy atom. The largest absolute Gasteiger partial charge is 0.378 e. The van der Waals surface area contributed by atoms with E-state index in [9.17, 15) is 0 Å². The summed E-state index contributed by atoms with van der Waals surface area (Å²) in [7, 11) is 4.09. The van der Waals surface area contributed by atoms with Crippen molar-refractivity contribution < 1.29 is 0 Å². The minimum absolute atomic E-state index is 0.532. The summed E-state index contributed by atoms with van der Waals surface area (Å²) < 4.78 is 0. The normalized spacial score (nSPS) is 13.3. The zero-order chi connectivity index (χ0) is 16.2. The molecule has 23 heavy (non-hydrogen) atoms. The van der Waals surface area contributed by atoms with E-state index in [1.807, 2.05) is 44.5 Å². The quantitative estimate of drug-likeness (QED) is 0.874. The van der Waals surface area contributed by atoms with Crippen molar-refractivity contribution in [1.29, 1.82) is 5.41 Å². The summed E-state index contributed by atoms with van der Waals surface area (Å²) in [4.78, 5) is 2.10. The Balaban J connectivity index is 2.13. The van der Waals surface area contributed by atoms with Gasteiger partial charge in [-0.15, -0.1) is 0 Å². The van der Waals surface area contributed by atoms with Crippen molar-refractivity contribution in [2.75, 3.05) is 19.0 Å². The Bertz CT molecular complexity index is 773. The van der Waals surface area contributed by atoms with Gasteiger partial charge >= 0.3 is 0 Å². The maximum atomic E-state index is 7.70. The summed E-state index contributed by atoms with van der Waals surface area (Å²) in [6.45, 7) is 0. The van der Waals surface area contributed by atoms with Crippen molar-refractivity contribution in [3.63, 3.8) is 0 Å². The van der Waals surface area contributed by atoms with Crippen molar-refractivity contribution in [1.82, 2.24) is 0 Å². The van der Waals surface area contributed by atoms with Crippen molar-refractivity contribution in [3.8, 4) is 0 Å². The number of benzene rings is 2. The predicted molar refractivity (Wildman–Crippen MR) is 99.2 cm³/mol. The van der Waals surface area contributed by atoms with E-state index >= 15 is 0 Å². The minimum atomic E-state index is 0.532. The van der Waals surface area contributed by atoms with Gasteiger partial charge in [0.2, 0.25) is 0 Å². The molecule has 0 heterocycles. The molecule has 1 aliphatic rings. The fourth-order valence-electron chi connectivity index (χ4n) is 2.67. The predicted octanol–water partition coefficient (Wildman–Crippen LogP) is 4.70. The van der Waals surface area contributed by atoms with Crippen molar-refractivity contribution in [2.24, 2.45) is 0 Å². The lowest BCUT2D eigenvalue weighted by Gasteiger charge is -2.16. The van der Waals surface area contributed by atoms with Crippen LogP contribution >= 0.6 is 0 Å². The summed E-state index contributed by atoms with van der Waals surface area (Å²) >= 11 is 0. The second-order valence-corrected chi connectivity index (χ2v) is 5.76. The van der Waals surface area contributed by atoms with Gasteiger partial charge in [-0.2, -0.15) is 0 Å². The monoisotopic (exact) mass is 300 g/mol. The number of nitrogens with one attached hydrogen (secondary N) is 1. The Morgan fingerprint density at radius 1 is 0.739 bits per heavy atom. The van der Waals surface area contributed by atoms with Gasteiger partial charge < -0.3 is 10.3 Å². The lowest BCUT2D eigenvalue weighted by atomic mass is 9.91. The average Bonchev–Trinajstić information content (AvgIpc) is 2.58. The third-order valence-electron chi connectivity index (χ3n) is 3.91. The standard InChI is InChI=1S/C21H20N2/c1-23(2)20-14-10-18(11-15-20)21(16-6-4-3-5-7-16)17-8-12-19(22)13-9-17/h3-15,22H,1-2H3. The molecular weight excluding hydrogens is 280 g/mol. The highest BCUT2D eigenvalue weighted by Crippen LogP contribution is 2.30. The molecule has 0 fully saturated rings. The molecule has 0 bridgehead atoms. The summed E-state index contributed by atoms with van der Waals surface area (Å²) in [6, 6.07) is 19.0. The van der Waals surface area contributed by atoms with Crippen LogP contribution in [0.2, 0.25) is 0 Å². The molecule has 0 amide bonds. The van der Waals surface area contributed by atoms with Crippen LogP contribution in [0.4, 0.5) is 5.69 Å². The van der Waals surface area contributed by atoms with Gasteiger partial charge in [-0.25, -0.2) is 0 Å². The fourth-order valence-corrected chi connectivity index (χ4v) is 2.67. The maximum Gasteiger partial charge on any atom is 0.0540 e. The van der Waals surface area contributed by atoms with Crippen LogP contribution < -0.4 is 4.90 Å². The summed E-state index contributed by atoms with van der Waals surface area (Å²) in [5.41, 5.74) is 6.40. The van der Waals surface area contributed by atoms with E-state index < -0.39 is 0 Å². The first-order chi connectivity index (χ1) is 11.1. The van der Waals surface area contributed by atoms with E-state index in [1.165, 1.54) is 22.4 Å². The number of hydrogen-bond acceptors (Lipinski definition) is 2. The van der Waals surface area contributed by atoms with Crippen LogP contribution in [0.25, 0.3) is 5.57 Å². The van der Waals surface area contributed by atoms with Crippen LogP contribution in [0.1, 0.15) is 11.1 Å².